The molecule has 6 nitrogen and oxygen atoms in total. The first kappa shape index (κ1) is 18.2. The molecule has 2 aromatic carbocycles. The second-order valence-corrected chi connectivity index (χ2v) is 7.34. The van der Waals surface area contributed by atoms with Crippen molar-refractivity contribution in [2.24, 2.45) is 0 Å². The summed E-state index contributed by atoms with van der Waals surface area (Å²) in [7, 11) is 1.63. The minimum atomic E-state index is -0.100. The standard InChI is InChI=1S/C22H23N3O3/c1-14(2)15-4-8-18(9-5-15)25-13-17(12-20(25)26)22-23-21(24-28-22)16-6-10-19(27-3)11-7-16/h4-11,14,17H,12-13H2,1-3H3. The molecule has 0 spiro atoms. The molecule has 28 heavy (non-hydrogen) atoms. The van der Waals surface area contributed by atoms with Gasteiger partial charge in [0.1, 0.15) is 5.75 Å². The molecule has 2 heterocycles. The van der Waals surface area contributed by atoms with Crippen LogP contribution in [0.5, 0.6) is 5.75 Å². The van der Waals surface area contributed by atoms with Crippen molar-refractivity contribution in [3.05, 3.63) is 60.0 Å². The maximum Gasteiger partial charge on any atom is 0.232 e. The molecule has 1 unspecified atom stereocenters. The van der Waals surface area contributed by atoms with E-state index in [1.807, 2.05) is 36.4 Å². The Balaban J connectivity index is 1.50. The Kier molecular flexibility index (Phi) is 4.86. The van der Waals surface area contributed by atoms with Crippen LogP contribution in [0.2, 0.25) is 0 Å². The lowest BCUT2D eigenvalue weighted by Crippen LogP contribution is -2.24. The molecule has 0 bridgehead atoms. The van der Waals surface area contributed by atoms with Crippen molar-refractivity contribution in [3.8, 4) is 17.1 Å². The van der Waals surface area contributed by atoms with Crippen LogP contribution < -0.4 is 9.64 Å². The highest BCUT2D eigenvalue weighted by Gasteiger charge is 2.35. The van der Waals surface area contributed by atoms with E-state index in [9.17, 15) is 4.79 Å². The zero-order valence-corrected chi connectivity index (χ0v) is 16.3. The van der Waals surface area contributed by atoms with Crippen LogP contribution >= 0.6 is 0 Å². The molecule has 1 atom stereocenters. The molecule has 4 rings (SSSR count). The summed E-state index contributed by atoms with van der Waals surface area (Å²) < 4.78 is 10.6. The molecule has 1 aliphatic rings. The number of ether oxygens (including phenoxy) is 1. The average Bonchev–Trinajstić information content (AvgIpc) is 3.35. The molecular formula is C22H23N3O3. The van der Waals surface area contributed by atoms with Gasteiger partial charge in [-0.1, -0.05) is 31.1 Å². The van der Waals surface area contributed by atoms with E-state index in [0.717, 1.165) is 17.0 Å². The Bertz CT molecular complexity index is 961. The SMILES string of the molecule is COc1ccc(-c2noc(C3CC(=O)N(c4ccc(C(C)C)cc4)C3)n2)cc1. The first-order valence-electron chi connectivity index (χ1n) is 9.43. The third kappa shape index (κ3) is 3.50. The van der Waals surface area contributed by atoms with E-state index in [-0.39, 0.29) is 11.8 Å². The molecule has 1 fully saturated rings. The van der Waals surface area contributed by atoms with Gasteiger partial charge in [0.05, 0.1) is 13.0 Å². The number of carbonyl (C=O) groups is 1. The summed E-state index contributed by atoms with van der Waals surface area (Å²) in [5.74, 6) is 2.23. The molecular weight excluding hydrogens is 354 g/mol. The Morgan fingerprint density at radius 1 is 1.11 bits per heavy atom. The molecule has 0 radical (unpaired) electrons. The van der Waals surface area contributed by atoms with Gasteiger partial charge in [0, 0.05) is 24.2 Å². The number of nitrogens with zero attached hydrogens (tertiary/aromatic N) is 3. The Morgan fingerprint density at radius 2 is 1.82 bits per heavy atom. The maximum atomic E-state index is 12.5. The lowest BCUT2D eigenvalue weighted by Gasteiger charge is -2.17. The van der Waals surface area contributed by atoms with Gasteiger partial charge in [-0.3, -0.25) is 4.79 Å². The minimum absolute atomic E-state index is 0.0755. The van der Waals surface area contributed by atoms with Crippen LogP contribution in [0.25, 0.3) is 11.4 Å². The fraction of sp³-hybridized carbons (Fsp3) is 0.318. The molecule has 1 aliphatic heterocycles. The molecule has 0 aliphatic carbocycles. The van der Waals surface area contributed by atoms with Crippen molar-refractivity contribution in [1.82, 2.24) is 10.1 Å². The number of aromatic nitrogens is 2. The van der Waals surface area contributed by atoms with Crippen LogP contribution in [0.4, 0.5) is 5.69 Å². The zero-order valence-electron chi connectivity index (χ0n) is 16.3. The van der Waals surface area contributed by atoms with Gasteiger partial charge in [-0.05, 0) is 47.9 Å². The van der Waals surface area contributed by atoms with Gasteiger partial charge >= 0.3 is 0 Å². The summed E-state index contributed by atoms with van der Waals surface area (Å²) in [6.07, 6.45) is 0.371. The molecule has 6 heteroatoms. The lowest BCUT2D eigenvalue weighted by atomic mass is 10.0. The molecule has 0 saturated carbocycles. The summed E-state index contributed by atoms with van der Waals surface area (Å²) in [6, 6.07) is 15.6. The summed E-state index contributed by atoms with van der Waals surface area (Å²) in [6.45, 7) is 4.86. The lowest BCUT2D eigenvalue weighted by molar-refractivity contribution is -0.117. The van der Waals surface area contributed by atoms with Crippen LogP contribution in [-0.4, -0.2) is 29.7 Å². The summed E-state index contributed by atoms with van der Waals surface area (Å²) >= 11 is 0. The van der Waals surface area contributed by atoms with Gasteiger partial charge in [0.2, 0.25) is 17.6 Å². The number of carbonyl (C=O) groups excluding carboxylic acids is 1. The fourth-order valence-electron chi connectivity index (χ4n) is 3.42. The van der Waals surface area contributed by atoms with Crippen molar-refractivity contribution in [1.29, 1.82) is 0 Å². The maximum absolute atomic E-state index is 12.5. The molecule has 1 aromatic heterocycles. The van der Waals surface area contributed by atoms with Gasteiger partial charge in [-0.15, -0.1) is 0 Å². The largest absolute Gasteiger partial charge is 0.497 e. The summed E-state index contributed by atoms with van der Waals surface area (Å²) in [5, 5.41) is 4.08. The Labute approximate surface area is 164 Å². The van der Waals surface area contributed by atoms with Crippen molar-refractivity contribution in [2.45, 2.75) is 32.1 Å². The summed E-state index contributed by atoms with van der Waals surface area (Å²) in [5.41, 5.74) is 3.01. The first-order valence-corrected chi connectivity index (χ1v) is 9.43. The van der Waals surface area contributed by atoms with Crippen LogP contribution in [0, 0.1) is 0 Å². The predicted molar refractivity (Wildman–Crippen MR) is 107 cm³/mol. The topological polar surface area (TPSA) is 68.5 Å². The van der Waals surface area contributed by atoms with E-state index < -0.39 is 0 Å². The van der Waals surface area contributed by atoms with E-state index in [1.165, 1.54) is 5.56 Å². The Morgan fingerprint density at radius 3 is 2.46 bits per heavy atom. The number of anilines is 1. The number of methoxy groups -OCH3 is 1. The zero-order chi connectivity index (χ0) is 19.7. The van der Waals surface area contributed by atoms with Crippen molar-refractivity contribution < 1.29 is 14.1 Å². The minimum Gasteiger partial charge on any atom is -0.497 e. The quantitative estimate of drug-likeness (QED) is 0.660. The van der Waals surface area contributed by atoms with Crippen molar-refractivity contribution in [3.63, 3.8) is 0 Å². The van der Waals surface area contributed by atoms with E-state index in [1.54, 1.807) is 12.0 Å². The molecule has 144 valence electrons. The molecule has 0 N–H and O–H groups in total. The Hall–Kier alpha value is -3.15. The van der Waals surface area contributed by atoms with E-state index >= 15 is 0 Å². The van der Waals surface area contributed by atoms with Crippen LogP contribution in [0.1, 0.15) is 43.6 Å². The monoisotopic (exact) mass is 377 g/mol. The smallest absolute Gasteiger partial charge is 0.232 e. The number of amides is 1. The van der Waals surface area contributed by atoms with Crippen molar-refractivity contribution >= 4 is 11.6 Å². The van der Waals surface area contributed by atoms with Crippen LogP contribution in [0.3, 0.4) is 0 Å². The highest BCUT2D eigenvalue weighted by molar-refractivity contribution is 5.96. The van der Waals surface area contributed by atoms with Gasteiger partial charge in [0.15, 0.2) is 0 Å². The number of rotatable bonds is 5. The molecule has 1 saturated heterocycles. The predicted octanol–water partition coefficient (Wildman–Crippen LogP) is 4.39. The van der Waals surface area contributed by atoms with E-state index in [2.05, 4.69) is 36.1 Å². The highest BCUT2D eigenvalue weighted by Crippen LogP contribution is 2.32. The van der Waals surface area contributed by atoms with Crippen LogP contribution in [0.15, 0.2) is 53.1 Å². The summed E-state index contributed by atoms with van der Waals surface area (Å²) in [4.78, 5) is 18.9. The van der Waals surface area contributed by atoms with Crippen molar-refractivity contribution in [2.75, 3.05) is 18.6 Å². The van der Waals surface area contributed by atoms with Gasteiger partial charge < -0.3 is 14.2 Å². The van der Waals surface area contributed by atoms with E-state index in [4.69, 9.17) is 9.26 Å². The third-order valence-electron chi connectivity index (χ3n) is 5.14. The number of hydrogen-bond donors (Lipinski definition) is 0. The second kappa shape index (κ2) is 7.46. The number of benzene rings is 2. The normalized spacial score (nSPS) is 16.8. The average molecular weight is 377 g/mol. The molecule has 3 aromatic rings. The van der Waals surface area contributed by atoms with Gasteiger partial charge in [-0.2, -0.15) is 4.98 Å². The highest BCUT2D eigenvalue weighted by atomic mass is 16.5. The fourth-order valence-corrected chi connectivity index (χ4v) is 3.42. The third-order valence-corrected chi connectivity index (χ3v) is 5.14. The number of hydrogen-bond acceptors (Lipinski definition) is 5. The second-order valence-electron chi connectivity index (χ2n) is 7.34. The first-order chi connectivity index (χ1) is 13.5. The van der Waals surface area contributed by atoms with Crippen LogP contribution in [-0.2, 0) is 4.79 Å². The van der Waals surface area contributed by atoms with Gasteiger partial charge in [0.25, 0.3) is 0 Å². The molecule has 1 amide bonds. The van der Waals surface area contributed by atoms with Gasteiger partial charge in [-0.25, -0.2) is 0 Å². The van der Waals surface area contributed by atoms with E-state index in [0.29, 0.717) is 30.6 Å².